The lowest BCUT2D eigenvalue weighted by Gasteiger charge is -2.30. The number of nitrogens with zero attached hydrogens (tertiary/aromatic N) is 1. The van der Waals surface area contributed by atoms with Gasteiger partial charge in [0, 0.05) is 20.1 Å². The van der Waals surface area contributed by atoms with Crippen molar-refractivity contribution in [3.05, 3.63) is 0 Å². The van der Waals surface area contributed by atoms with Gasteiger partial charge in [-0.3, -0.25) is 15.6 Å². The summed E-state index contributed by atoms with van der Waals surface area (Å²) in [5.41, 5.74) is 5.00. The first-order valence-electron chi connectivity index (χ1n) is 5.57. The van der Waals surface area contributed by atoms with Crippen LogP contribution in [0.4, 0.5) is 0 Å². The summed E-state index contributed by atoms with van der Waals surface area (Å²) in [7, 11) is -1.60. The van der Waals surface area contributed by atoms with E-state index in [-0.39, 0.29) is 18.4 Å². The number of amides is 1. The van der Waals surface area contributed by atoms with E-state index in [0.29, 0.717) is 24.5 Å². The topological polar surface area (TPSA) is 90.5 Å². The molecule has 0 bridgehead atoms. The molecule has 0 spiro atoms. The molecule has 0 aliphatic carbocycles. The Hall–Kier alpha value is -0.930. The van der Waals surface area contributed by atoms with E-state index < -0.39 is 10.0 Å². The molecular formula is C9H18N4O3S2. The van der Waals surface area contributed by atoms with Crippen LogP contribution < -0.4 is 16.2 Å². The lowest BCUT2D eigenvalue weighted by Crippen LogP contribution is -2.51. The average molecular weight is 294 g/mol. The van der Waals surface area contributed by atoms with Crippen molar-refractivity contribution in [1.82, 2.24) is 20.5 Å². The van der Waals surface area contributed by atoms with Gasteiger partial charge >= 0.3 is 0 Å². The molecule has 1 atom stereocenters. The lowest BCUT2D eigenvalue weighted by atomic mass is 9.99. The zero-order chi connectivity index (χ0) is 13.8. The molecule has 1 rings (SSSR count). The minimum atomic E-state index is -3.23. The van der Waals surface area contributed by atoms with Crippen molar-refractivity contribution in [3.63, 3.8) is 0 Å². The largest absolute Gasteiger partial charge is 0.364 e. The Labute approximate surface area is 112 Å². The molecule has 0 radical (unpaired) electrons. The van der Waals surface area contributed by atoms with Crippen molar-refractivity contribution in [2.45, 2.75) is 12.8 Å². The van der Waals surface area contributed by atoms with Crippen LogP contribution in [0, 0.1) is 5.92 Å². The van der Waals surface area contributed by atoms with Gasteiger partial charge in [-0.15, -0.1) is 0 Å². The smallest absolute Gasteiger partial charge is 0.242 e. The van der Waals surface area contributed by atoms with Crippen LogP contribution in [0.5, 0.6) is 0 Å². The third kappa shape index (κ3) is 4.39. The van der Waals surface area contributed by atoms with Crippen LogP contribution in [-0.4, -0.2) is 50.1 Å². The van der Waals surface area contributed by atoms with Crippen LogP contribution in [-0.2, 0) is 14.8 Å². The highest BCUT2D eigenvalue weighted by Gasteiger charge is 2.30. The molecule has 0 aromatic rings. The van der Waals surface area contributed by atoms with Crippen LogP contribution >= 0.6 is 12.2 Å². The summed E-state index contributed by atoms with van der Waals surface area (Å²) in [5, 5.41) is 2.96. The van der Waals surface area contributed by atoms with Crippen LogP contribution in [0.2, 0.25) is 0 Å². The maximum Gasteiger partial charge on any atom is 0.242 e. The van der Waals surface area contributed by atoms with E-state index in [2.05, 4.69) is 16.2 Å². The molecular weight excluding hydrogens is 276 g/mol. The second-order valence-electron chi connectivity index (χ2n) is 4.15. The van der Waals surface area contributed by atoms with Gasteiger partial charge in [-0.25, -0.2) is 12.7 Å². The molecule has 0 aromatic heterocycles. The number of rotatable bonds is 2. The molecule has 1 amide bonds. The Bertz CT molecular complexity index is 424. The Balaban J connectivity index is 2.51. The van der Waals surface area contributed by atoms with E-state index >= 15 is 0 Å². The standard InChI is InChI=1S/C9H18N4O3S2/c1-10-9(17)12-11-8(14)7-4-3-5-13(6-7)18(2,15)16/h7H,3-6H2,1-2H3,(H,11,14)(H2,10,12,17)/t7-/m0/s1. The summed E-state index contributed by atoms with van der Waals surface area (Å²) in [6, 6.07) is 0. The summed E-state index contributed by atoms with van der Waals surface area (Å²) in [4.78, 5) is 11.8. The van der Waals surface area contributed by atoms with Gasteiger partial charge in [0.15, 0.2) is 5.11 Å². The average Bonchev–Trinajstić information content (AvgIpc) is 2.34. The fourth-order valence-electron chi connectivity index (χ4n) is 1.74. The monoisotopic (exact) mass is 294 g/mol. The van der Waals surface area contributed by atoms with Gasteiger partial charge in [-0.1, -0.05) is 0 Å². The Kier molecular flexibility index (Phi) is 5.29. The Morgan fingerprint density at radius 1 is 1.39 bits per heavy atom. The number of carbonyl (C=O) groups excluding carboxylic acids is 1. The first kappa shape index (κ1) is 15.1. The Morgan fingerprint density at radius 3 is 2.61 bits per heavy atom. The maximum atomic E-state index is 11.8. The molecule has 7 nitrogen and oxygen atoms in total. The Morgan fingerprint density at radius 2 is 2.06 bits per heavy atom. The van der Waals surface area contributed by atoms with Crippen molar-refractivity contribution in [3.8, 4) is 0 Å². The lowest BCUT2D eigenvalue weighted by molar-refractivity contribution is -0.126. The number of hydrazine groups is 1. The fourth-order valence-corrected chi connectivity index (χ4v) is 2.70. The predicted octanol–water partition coefficient (Wildman–Crippen LogP) is -1.22. The summed E-state index contributed by atoms with van der Waals surface area (Å²) in [6.07, 6.45) is 2.51. The van der Waals surface area contributed by atoms with Crippen LogP contribution in [0.25, 0.3) is 0 Å². The van der Waals surface area contributed by atoms with Crippen molar-refractivity contribution in [1.29, 1.82) is 0 Å². The predicted molar refractivity (Wildman–Crippen MR) is 72.1 cm³/mol. The first-order valence-corrected chi connectivity index (χ1v) is 7.83. The van der Waals surface area contributed by atoms with Gasteiger partial charge in [-0.05, 0) is 25.1 Å². The molecule has 1 aliphatic heterocycles. The van der Waals surface area contributed by atoms with E-state index in [4.69, 9.17) is 12.2 Å². The quantitative estimate of drug-likeness (QED) is 0.437. The van der Waals surface area contributed by atoms with Gasteiger partial charge in [0.25, 0.3) is 0 Å². The van der Waals surface area contributed by atoms with E-state index in [9.17, 15) is 13.2 Å². The number of hydrogen-bond acceptors (Lipinski definition) is 4. The number of piperidine rings is 1. The number of carbonyl (C=O) groups is 1. The van der Waals surface area contributed by atoms with E-state index in [0.717, 1.165) is 6.26 Å². The minimum absolute atomic E-state index is 0.221. The molecule has 9 heteroatoms. The zero-order valence-electron chi connectivity index (χ0n) is 10.4. The number of sulfonamides is 1. The number of nitrogens with one attached hydrogen (secondary N) is 3. The number of thiocarbonyl (C=S) groups is 1. The SMILES string of the molecule is CNC(=S)NNC(=O)[C@H]1CCCN(S(C)(=O)=O)C1. The highest BCUT2D eigenvalue weighted by Crippen LogP contribution is 2.18. The molecule has 0 saturated carbocycles. The summed E-state index contributed by atoms with van der Waals surface area (Å²) in [6.45, 7) is 0.698. The molecule has 1 saturated heterocycles. The van der Waals surface area contributed by atoms with Gasteiger partial charge in [0.05, 0.1) is 12.2 Å². The normalized spacial score (nSPS) is 21.1. The fraction of sp³-hybridized carbons (Fsp3) is 0.778. The first-order chi connectivity index (χ1) is 8.34. The van der Waals surface area contributed by atoms with Crippen molar-refractivity contribution in [2.75, 3.05) is 26.4 Å². The van der Waals surface area contributed by atoms with E-state index in [1.165, 1.54) is 4.31 Å². The highest BCUT2D eigenvalue weighted by atomic mass is 32.2. The van der Waals surface area contributed by atoms with Gasteiger partial charge in [-0.2, -0.15) is 0 Å². The number of hydrogen-bond donors (Lipinski definition) is 3. The minimum Gasteiger partial charge on any atom is -0.364 e. The second-order valence-corrected chi connectivity index (χ2v) is 6.54. The van der Waals surface area contributed by atoms with Crippen molar-refractivity contribution >= 4 is 33.3 Å². The van der Waals surface area contributed by atoms with Crippen molar-refractivity contribution in [2.24, 2.45) is 5.92 Å². The van der Waals surface area contributed by atoms with E-state index in [1.807, 2.05) is 0 Å². The van der Waals surface area contributed by atoms with E-state index in [1.54, 1.807) is 7.05 Å². The van der Waals surface area contributed by atoms with Crippen LogP contribution in [0.1, 0.15) is 12.8 Å². The van der Waals surface area contributed by atoms with Crippen LogP contribution in [0.3, 0.4) is 0 Å². The van der Waals surface area contributed by atoms with Crippen molar-refractivity contribution < 1.29 is 13.2 Å². The molecule has 0 aromatic carbocycles. The molecule has 18 heavy (non-hydrogen) atoms. The molecule has 0 unspecified atom stereocenters. The maximum absolute atomic E-state index is 11.8. The highest BCUT2D eigenvalue weighted by molar-refractivity contribution is 7.88. The molecule has 1 heterocycles. The summed E-state index contributed by atoms with van der Waals surface area (Å²) < 4.78 is 24.2. The van der Waals surface area contributed by atoms with Gasteiger partial charge in [0.2, 0.25) is 15.9 Å². The van der Waals surface area contributed by atoms with Crippen LogP contribution in [0.15, 0.2) is 0 Å². The summed E-state index contributed by atoms with van der Waals surface area (Å²) in [5.74, 6) is -0.596. The third-order valence-corrected chi connectivity index (χ3v) is 4.33. The molecule has 3 N–H and O–H groups in total. The molecule has 104 valence electrons. The summed E-state index contributed by atoms with van der Waals surface area (Å²) >= 11 is 4.81. The second kappa shape index (κ2) is 6.30. The van der Waals surface area contributed by atoms with Gasteiger partial charge < -0.3 is 5.32 Å². The molecule has 1 aliphatic rings. The molecule has 1 fully saturated rings. The van der Waals surface area contributed by atoms with Gasteiger partial charge in [0.1, 0.15) is 0 Å². The zero-order valence-corrected chi connectivity index (χ0v) is 12.0. The third-order valence-electron chi connectivity index (χ3n) is 2.75.